The minimum atomic E-state index is -0.0682. The zero-order valence-electron chi connectivity index (χ0n) is 14.4. The molecule has 6 heteroatoms. The molecule has 2 aliphatic rings. The number of aromatic nitrogens is 1. The molecular weight excluding hydrogens is 350 g/mol. The molecule has 0 saturated carbocycles. The molecular formula is C20H20ClN3O2. The Morgan fingerprint density at radius 3 is 2.81 bits per heavy atom. The highest BCUT2D eigenvalue weighted by Crippen LogP contribution is 2.39. The molecule has 3 heterocycles. The number of benzene rings is 1. The number of hydrogen-bond acceptors (Lipinski definition) is 3. The molecule has 1 aromatic carbocycles. The molecule has 2 aromatic rings. The molecule has 134 valence electrons. The Morgan fingerprint density at radius 2 is 2.08 bits per heavy atom. The third kappa shape index (κ3) is 3.19. The van der Waals surface area contributed by atoms with Gasteiger partial charge in [0.1, 0.15) is 5.15 Å². The molecule has 0 aliphatic carbocycles. The van der Waals surface area contributed by atoms with Gasteiger partial charge in [-0.15, -0.1) is 0 Å². The van der Waals surface area contributed by atoms with Crippen LogP contribution in [0.15, 0.2) is 42.6 Å². The van der Waals surface area contributed by atoms with Gasteiger partial charge < -0.3 is 9.80 Å². The summed E-state index contributed by atoms with van der Waals surface area (Å²) in [6.45, 7) is 2.23. The van der Waals surface area contributed by atoms with Crippen LogP contribution in [0.3, 0.4) is 0 Å². The smallest absolute Gasteiger partial charge is 0.259 e. The van der Waals surface area contributed by atoms with Gasteiger partial charge in [0.25, 0.3) is 5.91 Å². The van der Waals surface area contributed by atoms with E-state index in [1.165, 1.54) is 11.8 Å². The third-order valence-electron chi connectivity index (χ3n) is 5.21. The molecule has 1 saturated heterocycles. The maximum absolute atomic E-state index is 13.0. The van der Waals surface area contributed by atoms with Crippen molar-refractivity contribution in [2.75, 3.05) is 24.5 Å². The molecule has 1 unspecified atom stereocenters. The van der Waals surface area contributed by atoms with Crippen LogP contribution in [0.25, 0.3) is 0 Å². The number of carbonyl (C=O) groups excluding carboxylic acids is 2. The number of nitrogens with zero attached hydrogens (tertiary/aromatic N) is 3. The number of hydrogen-bond donors (Lipinski definition) is 0. The van der Waals surface area contributed by atoms with Crippen LogP contribution < -0.4 is 4.90 Å². The van der Waals surface area contributed by atoms with E-state index in [0.29, 0.717) is 23.7 Å². The summed E-state index contributed by atoms with van der Waals surface area (Å²) in [5, 5.41) is 0.372. The predicted molar refractivity (Wildman–Crippen MR) is 101 cm³/mol. The molecule has 1 atom stereocenters. The summed E-state index contributed by atoms with van der Waals surface area (Å²) in [6.07, 6.45) is 4.00. The van der Waals surface area contributed by atoms with Crippen LogP contribution in [0.5, 0.6) is 0 Å². The number of amides is 2. The number of anilines is 1. The molecule has 2 aliphatic heterocycles. The topological polar surface area (TPSA) is 53.5 Å². The number of fused-ring (bicyclic) bond motifs is 1. The normalized spacial score (nSPS) is 19.1. The number of pyridine rings is 1. The molecule has 0 radical (unpaired) electrons. The predicted octanol–water partition coefficient (Wildman–Crippen LogP) is 3.49. The van der Waals surface area contributed by atoms with Gasteiger partial charge in [-0.2, -0.15) is 0 Å². The van der Waals surface area contributed by atoms with E-state index in [9.17, 15) is 9.59 Å². The summed E-state index contributed by atoms with van der Waals surface area (Å²) in [7, 11) is 0. The van der Waals surface area contributed by atoms with Crippen molar-refractivity contribution in [3.05, 3.63) is 58.9 Å². The zero-order chi connectivity index (χ0) is 18.1. The van der Waals surface area contributed by atoms with E-state index in [2.05, 4.69) is 11.1 Å². The molecule has 1 aromatic heterocycles. The fourth-order valence-electron chi connectivity index (χ4n) is 3.85. The SMILES string of the molecule is O=C1CCCN1CCC1CN(C(=O)c2ccc(Cl)nc2)c2ccccc21. The van der Waals surface area contributed by atoms with E-state index < -0.39 is 0 Å². The van der Waals surface area contributed by atoms with Gasteiger partial charge in [-0.1, -0.05) is 29.8 Å². The van der Waals surface area contributed by atoms with E-state index >= 15 is 0 Å². The van der Waals surface area contributed by atoms with Crippen LogP contribution in [0, 0.1) is 0 Å². The maximum atomic E-state index is 13.0. The van der Waals surface area contributed by atoms with Crippen molar-refractivity contribution >= 4 is 29.1 Å². The van der Waals surface area contributed by atoms with E-state index in [-0.39, 0.29) is 17.7 Å². The van der Waals surface area contributed by atoms with E-state index in [0.717, 1.165) is 31.6 Å². The quantitative estimate of drug-likeness (QED) is 0.775. The van der Waals surface area contributed by atoms with Crippen LogP contribution in [-0.2, 0) is 4.79 Å². The Kier molecular flexibility index (Phi) is 4.64. The Hall–Kier alpha value is -2.40. The Morgan fingerprint density at radius 1 is 1.23 bits per heavy atom. The van der Waals surface area contributed by atoms with Crippen molar-refractivity contribution < 1.29 is 9.59 Å². The lowest BCUT2D eigenvalue weighted by molar-refractivity contribution is -0.127. The van der Waals surface area contributed by atoms with E-state index in [1.807, 2.05) is 28.0 Å². The van der Waals surface area contributed by atoms with Gasteiger partial charge in [0.2, 0.25) is 5.91 Å². The highest BCUT2D eigenvalue weighted by atomic mass is 35.5. The largest absolute Gasteiger partial charge is 0.343 e. The van der Waals surface area contributed by atoms with Crippen molar-refractivity contribution in [2.45, 2.75) is 25.2 Å². The molecule has 4 rings (SSSR count). The van der Waals surface area contributed by atoms with Crippen LogP contribution in [-0.4, -0.2) is 41.3 Å². The third-order valence-corrected chi connectivity index (χ3v) is 5.43. The number of para-hydroxylation sites is 1. The molecule has 0 bridgehead atoms. The first-order valence-electron chi connectivity index (χ1n) is 8.93. The van der Waals surface area contributed by atoms with Crippen LogP contribution in [0.1, 0.15) is 41.1 Å². The second kappa shape index (κ2) is 7.08. The van der Waals surface area contributed by atoms with Gasteiger partial charge in [-0.3, -0.25) is 9.59 Å². The zero-order valence-corrected chi connectivity index (χ0v) is 15.2. The van der Waals surface area contributed by atoms with Crippen molar-refractivity contribution in [3.63, 3.8) is 0 Å². The summed E-state index contributed by atoms with van der Waals surface area (Å²) in [5.74, 6) is 0.418. The average molecular weight is 370 g/mol. The van der Waals surface area contributed by atoms with Crippen molar-refractivity contribution in [1.29, 1.82) is 0 Å². The van der Waals surface area contributed by atoms with Crippen molar-refractivity contribution in [3.8, 4) is 0 Å². The number of halogens is 1. The molecule has 5 nitrogen and oxygen atoms in total. The molecule has 1 fully saturated rings. The maximum Gasteiger partial charge on any atom is 0.259 e. The monoisotopic (exact) mass is 369 g/mol. The van der Waals surface area contributed by atoms with Gasteiger partial charge in [-0.05, 0) is 36.6 Å². The lowest BCUT2D eigenvalue weighted by atomic mass is 9.98. The Balaban J connectivity index is 1.53. The first kappa shape index (κ1) is 17.0. The van der Waals surface area contributed by atoms with Crippen molar-refractivity contribution in [2.24, 2.45) is 0 Å². The summed E-state index contributed by atoms with van der Waals surface area (Å²) in [4.78, 5) is 32.6. The van der Waals surface area contributed by atoms with Gasteiger partial charge in [-0.25, -0.2) is 4.98 Å². The Bertz CT molecular complexity index is 837. The minimum absolute atomic E-state index is 0.0682. The highest BCUT2D eigenvalue weighted by Gasteiger charge is 2.33. The molecule has 0 spiro atoms. The standard InChI is InChI=1S/C20H20ClN3O2/c21-18-8-7-14(12-22-18)20(26)24-13-15(16-4-1-2-5-17(16)24)9-11-23-10-3-6-19(23)25/h1-2,4-5,7-8,12,15H,3,6,9-11,13H2. The first-order chi connectivity index (χ1) is 12.6. The summed E-state index contributed by atoms with van der Waals surface area (Å²) >= 11 is 5.83. The van der Waals surface area contributed by atoms with Gasteiger partial charge in [0.05, 0.1) is 5.56 Å². The Labute approximate surface area is 157 Å². The average Bonchev–Trinajstić information content (AvgIpc) is 3.23. The fourth-order valence-corrected chi connectivity index (χ4v) is 3.96. The second-order valence-corrected chi connectivity index (χ2v) is 7.20. The van der Waals surface area contributed by atoms with Gasteiger partial charge >= 0.3 is 0 Å². The van der Waals surface area contributed by atoms with E-state index in [4.69, 9.17) is 11.6 Å². The minimum Gasteiger partial charge on any atom is -0.343 e. The highest BCUT2D eigenvalue weighted by molar-refractivity contribution is 6.29. The van der Waals surface area contributed by atoms with Gasteiger partial charge in [0.15, 0.2) is 0 Å². The van der Waals surface area contributed by atoms with E-state index in [1.54, 1.807) is 12.1 Å². The van der Waals surface area contributed by atoms with Crippen molar-refractivity contribution in [1.82, 2.24) is 9.88 Å². The second-order valence-electron chi connectivity index (χ2n) is 6.81. The van der Waals surface area contributed by atoms with Crippen LogP contribution in [0.4, 0.5) is 5.69 Å². The number of rotatable bonds is 4. The first-order valence-corrected chi connectivity index (χ1v) is 9.31. The van der Waals surface area contributed by atoms with Gasteiger partial charge in [0, 0.05) is 43.9 Å². The fraction of sp³-hybridized carbons (Fsp3) is 0.350. The number of likely N-dealkylation sites (tertiary alicyclic amines) is 1. The molecule has 0 N–H and O–H groups in total. The number of carbonyl (C=O) groups is 2. The van der Waals surface area contributed by atoms with Crippen LogP contribution in [0.2, 0.25) is 5.15 Å². The lowest BCUT2D eigenvalue weighted by Crippen LogP contribution is -2.31. The lowest BCUT2D eigenvalue weighted by Gasteiger charge is -2.20. The summed E-state index contributed by atoms with van der Waals surface area (Å²) in [5.41, 5.74) is 2.65. The summed E-state index contributed by atoms with van der Waals surface area (Å²) < 4.78 is 0. The summed E-state index contributed by atoms with van der Waals surface area (Å²) in [6, 6.07) is 11.4. The molecule has 26 heavy (non-hydrogen) atoms. The van der Waals surface area contributed by atoms with Crippen LogP contribution >= 0.6 is 11.6 Å². The molecule has 2 amide bonds.